The zero-order chi connectivity index (χ0) is 17.3. The number of hydrogen-bond donors (Lipinski definition) is 1. The van der Waals surface area contributed by atoms with Crippen molar-refractivity contribution in [2.24, 2.45) is 11.8 Å². The highest BCUT2D eigenvalue weighted by molar-refractivity contribution is 6.10. The van der Waals surface area contributed by atoms with E-state index in [0.29, 0.717) is 12.8 Å². The maximum absolute atomic E-state index is 12.6. The minimum Gasteiger partial charge on any atom is -0.324 e. The third-order valence-corrected chi connectivity index (χ3v) is 4.96. The van der Waals surface area contributed by atoms with Crippen molar-refractivity contribution in [1.29, 1.82) is 0 Å². The predicted molar refractivity (Wildman–Crippen MR) is 91.1 cm³/mol. The first-order chi connectivity index (χ1) is 11.5. The third-order valence-electron chi connectivity index (χ3n) is 4.96. The highest BCUT2D eigenvalue weighted by Gasteiger charge is 2.50. The second-order valence-corrected chi connectivity index (χ2v) is 6.38. The Bertz CT molecular complexity index is 684. The van der Waals surface area contributed by atoms with Gasteiger partial charge in [0.15, 0.2) is 0 Å². The van der Waals surface area contributed by atoms with Gasteiger partial charge in [0, 0.05) is 5.69 Å². The summed E-state index contributed by atoms with van der Waals surface area (Å²) < 4.78 is 0. The van der Waals surface area contributed by atoms with E-state index >= 15 is 0 Å². The molecule has 0 aromatic heterocycles. The Balaban J connectivity index is 1.76. The molecule has 126 valence electrons. The van der Waals surface area contributed by atoms with E-state index < -0.39 is 6.04 Å². The summed E-state index contributed by atoms with van der Waals surface area (Å²) in [5.41, 5.74) is 1.75. The molecule has 1 saturated heterocycles. The van der Waals surface area contributed by atoms with Crippen molar-refractivity contribution in [3.05, 3.63) is 42.0 Å². The van der Waals surface area contributed by atoms with E-state index in [4.69, 9.17) is 0 Å². The normalized spacial score (nSPS) is 24.0. The highest BCUT2D eigenvalue weighted by atomic mass is 16.2. The Morgan fingerprint density at radius 3 is 2.33 bits per heavy atom. The molecule has 1 aromatic carbocycles. The number of nitrogens with one attached hydrogen (secondary N) is 1. The highest BCUT2D eigenvalue weighted by Crippen LogP contribution is 2.36. The molecule has 1 aromatic rings. The van der Waals surface area contributed by atoms with Gasteiger partial charge in [-0.3, -0.25) is 19.3 Å². The van der Waals surface area contributed by atoms with Gasteiger partial charge in [0.1, 0.15) is 6.04 Å². The van der Waals surface area contributed by atoms with Gasteiger partial charge in [0.2, 0.25) is 17.7 Å². The number of rotatable bonds is 4. The molecule has 1 aliphatic carbocycles. The third kappa shape index (κ3) is 2.75. The van der Waals surface area contributed by atoms with Crippen LogP contribution in [0.25, 0.3) is 0 Å². The van der Waals surface area contributed by atoms with Crippen LogP contribution in [0.5, 0.6) is 0 Å². The van der Waals surface area contributed by atoms with Crippen molar-refractivity contribution in [2.75, 3.05) is 5.32 Å². The van der Waals surface area contributed by atoms with Crippen LogP contribution >= 0.6 is 0 Å². The number of amides is 3. The summed E-state index contributed by atoms with van der Waals surface area (Å²) in [4.78, 5) is 38.9. The van der Waals surface area contributed by atoms with Crippen molar-refractivity contribution >= 4 is 23.4 Å². The summed E-state index contributed by atoms with van der Waals surface area (Å²) in [6, 6.07) is 6.75. The van der Waals surface area contributed by atoms with E-state index in [1.165, 1.54) is 0 Å². The largest absolute Gasteiger partial charge is 0.324 e. The van der Waals surface area contributed by atoms with Gasteiger partial charge in [-0.2, -0.15) is 0 Å². The molecule has 1 heterocycles. The Labute approximate surface area is 141 Å². The number of para-hydroxylation sites is 1. The number of imide groups is 1. The van der Waals surface area contributed by atoms with E-state index in [1.54, 1.807) is 6.92 Å². The summed E-state index contributed by atoms with van der Waals surface area (Å²) in [6.07, 6.45) is 5.84. The van der Waals surface area contributed by atoms with Crippen LogP contribution in [0.1, 0.15) is 32.3 Å². The zero-order valence-electron chi connectivity index (χ0n) is 14.0. The Kier molecular flexibility index (Phi) is 4.51. The molecule has 3 rings (SSSR count). The van der Waals surface area contributed by atoms with Crippen LogP contribution in [0, 0.1) is 11.8 Å². The molecule has 1 aliphatic heterocycles. The van der Waals surface area contributed by atoms with Crippen LogP contribution in [-0.2, 0) is 20.8 Å². The summed E-state index contributed by atoms with van der Waals surface area (Å²) >= 11 is 0. The van der Waals surface area contributed by atoms with E-state index in [9.17, 15) is 14.4 Å². The van der Waals surface area contributed by atoms with Crippen molar-refractivity contribution in [2.45, 2.75) is 39.2 Å². The van der Waals surface area contributed by atoms with Gasteiger partial charge >= 0.3 is 0 Å². The fourth-order valence-electron chi connectivity index (χ4n) is 3.51. The molecule has 5 nitrogen and oxygen atoms in total. The molecule has 1 fully saturated rings. The average Bonchev–Trinajstić information content (AvgIpc) is 2.86. The van der Waals surface area contributed by atoms with Crippen LogP contribution in [-0.4, -0.2) is 28.7 Å². The van der Waals surface area contributed by atoms with Crippen molar-refractivity contribution in [1.82, 2.24) is 4.90 Å². The maximum atomic E-state index is 12.6. The summed E-state index contributed by atoms with van der Waals surface area (Å²) in [5.74, 6) is -1.38. The lowest BCUT2D eigenvalue weighted by Gasteiger charge is -2.23. The molecular formula is C19H22N2O3. The van der Waals surface area contributed by atoms with E-state index in [0.717, 1.165) is 22.6 Å². The van der Waals surface area contributed by atoms with Crippen LogP contribution in [0.4, 0.5) is 5.69 Å². The molecular weight excluding hydrogens is 304 g/mol. The number of nitrogens with zero attached hydrogens (tertiary/aromatic N) is 1. The first-order valence-electron chi connectivity index (χ1n) is 8.45. The average molecular weight is 326 g/mol. The van der Waals surface area contributed by atoms with Gasteiger partial charge in [-0.1, -0.05) is 37.3 Å². The van der Waals surface area contributed by atoms with E-state index in [2.05, 4.69) is 5.32 Å². The van der Waals surface area contributed by atoms with Gasteiger partial charge in [0.25, 0.3) is 0 Å². The number of anilines is 1. The van der Waals surface area contributed by atoms with Gasteiger partial charge in [-0.05, 0) is 37.8 Å². The van der Waals surface area contributed by atoms with Gasteiger partial charge in [0.05, 0.1) is 11.8 Å². The van der Waals surface area contributed by atoms with Crippen LogP contribution in [0.15, 0.2) is 36.4 Å². The fourth-order valence-corrected chi connectivity index (χ4v) is 3.51. The van der Waals surface area contributed by atoms with Gasteiger partial charge in [-0.15, -0.1) is 0 Å². The smallest absolute Gasteiger partial charge is 0.247 e. The quantitative estimate of drug-likeness (QED) is 0.683. The molecule has 24 heavy (non-hydrogen) atoms. The van der Waals surface area contributed by atoms with E-state index in [1.807, 2.05) is 43.3 Å². The van der Waals surface area contributed by atoms with Crippen molar-refractivity contribution in [3.8, 4) is 0 Å². The molecule has 2 aliphatic rings. The number of benzene rings is 1. The molecule has 3 amide bonds. The summed E-state index contributed by atoms with van der Waals surface area (Å²) in [5, 5.41) is 2.86. The number of allylic oxidation sites excluding steroid dienone is 2. The molecule has 0 unspecified atom stereocenters. The Hall–Kier alpha value is -2.43. The molecule has 3 atom stereocenters. The molecule has 0 radical (unpaired) electrons. The fraction of sp³-hybridized carbons (Fsp3) is 0.421. The SMILES string of the molecule is CCc1ccccc1NC(=O)[C@H](C)N1C(=O)[C@H]2CC=CC[C@H]2C1=O. The molecule has 0 saturated carbocycles. The lowest BCUT2D eigenvalue weighted by molar-refractivity contribution is -0.146. The second kappa shape index (κ2) is 6.59. The number of fused-ring (bicyclic) bond motifs is 1. The number of likely N-dealkylation sites (tertiary alicyclic amines) is 1. The van der Waals surface area contributed by atoms with Crippen LogP contribution < -0.4 is 5.32 Å². The molecule has 1 N–H and O–H groups in total. The van der Waals surface area contributed by atoms with Gasteiger partial charge in [-0.25, -0.2) is 0 Å². The Morgan fingerprint density at radius 2 is 1.75 bits per heavy atom. The minimum absolute atomic E-state index is 0.222. The standard InChI is InChI=1S/C19H22N2O3/c1-3-13-8-4-7-11-16(13)20-17(22)12(2)21-18(23)14-9-5-6-10-15(14)19(21)24/h4-8,11-12,14-15H,3,9-10H2,1-2H3,(H,20,22)/t12-,14-,15+/m0/s1. The number of carbonyl (C=O) groups excluding carboxylic acids is 3. The van der Waals surface area contributed by atoms with E-state index in [-0.39, 0.29) is 29.6 Å². The topological polar surface area (TPSA) is 66.5 Å². The summed E-state index contributed by atoms with van der Waals surface area (Å²) in [6.45, 7) is 3.63. The lowest BCUT2D eigenvalue weighted by Crippen LogP contribution is -2.46. The molecule has 0 bridgehead atoms. The zero-order valence-corrected chi connectivity index (χ0v) is 14.0. The first-order valence-corrected chi connectivity index (χ1v) is 8.45. The van der Waals surface area contributed by atoms with Crippen molar-refractivity contribution < 1.29 is 14.4 Å². The summed E-state index contributed by atoms with van der Waals surface area (Å²) in [7, 11) is 0. The second-order valence-electron chi connectivity index (χ2n) is 6.38. The monoisotopic (exact) mass is 326 g/mol. The molecule has 5 heteroatoms. The first kappa shape index (κ1) is 16.4. The van der Waals surface area contributed by atoms with Gasteiger partial charge < -0.3 is 5.32 Å². The number of aryl methyl sites for hydroxylation is 1. The van der Waals surface area contributed by atoms with Crippen LogP contribution in [0.3, 0.4) is 0 Å². The van der Waals surface area contributed by atoms with Crippen LogP contribution in [0.2, 0.25) is 0 Å². The van der Waals surface area contributed by atoms with Crippen molar-refractivity contribution in [3.63, 3.8) is 0 Å². The predicted octanol–water partition coefficient (Wildman–Crippen LogP) is 2.53. The Morgan fingerprint density at radius 1 is 1.17 bits per heavy atom. The lowest BCUT2D eigenvalue weighted by atomic mass is 9.85. The minimum atomic E-state index is -0.805. The molecule has 0 spiro atoms. The maximum Gasteiger partial charge on any atom is 0.247 e. The number of hydrogen-bond acceptors (Lipinski definition) is 3. The number of carbonyl (C=O) groups is 3.